The molecule has 20 heavy (non-hydrogen) atoms. The Morgan fingerprint density at radius 1 is 1.00 bits per heavy atom. The topological polar surface area (TPSA) is 15.3 Å². The molecule has 3 rings (SSSR count). The molecule has 3 heteroatoms. The molecule has 1 unspecified atom stereocenters. The highest BCUT2D eigenvalue weighted by Crippen LogP contribution is 2.21. The summed E-state index contributed by atoms with van der Waals surface area (Å²) in [4.78, 5) is 2.50. The van der Waals surface area contributed by atoms with Crippen molar-refractivity contribution in [1.29, 1.82) is 0 Å². The van der Waals surface area contributed by atoms with Gasteiger partial charge in [-0.25, -0.2) is 4.39 Å². The van der Waals surface area contributed by atoms with Crippen LogP contribution in [0.1, 0.15) is 44.1 Å². The van der Waals surface area contributed by atoms with Crippen LogP contribution >= 0.6 is 0 Å². The Bertz CT molecular complexity index is 412. The van der Waals surface area contributed by atoms with Crippen molar-refractivity contribution >= 4 is 0 Å². The third kappa shape index (κ3) is 3.80. The van der Waals surface area contributed by atoms with Crippen molar-refractivity contribution in [3.8, 4) is 0 Å². The zero-order valence-corrected chi connectivity index (χ0v) is 12.2. The molecule has 0 amide bonds. The van der Waals surface area contributed by atoms with Crippen molar-refractivity contribution in [3.63, 3.8) is 0 Å². The van der Waals surface area contributed by atoms with Crippen LogP contribution in [0.5, 0.6) is 0 Å². The molecule has 1 N–H and O–H groups in total. The average molecular weight is 276 g/mol. The summed E-state index contributed by atoms with van der Waals surface area (Å²) < 4.78 is 12.9. The van der Waals surface area contributed by atoms with Crippen LogP contribution in [0.3, 0.4) is 0 Å². The molecule has 0 spiro atoms. The van der Waals surface area contributed by atoms with E-state index in [4.69, 9.17) is 0 Å². The highest BCUT2D eigenvalue weighted by Gasteiger charge is 2.23. The fourth-order valence-electron chi connectivity index (χ4n) is 3.61. The van der Waals surface area contributed by atoms with Crippen molar-refractivity contribution in [2.24, 2.45) is 0 Å². The highest BCUT2D eigenvalue weighted by atomic mass is 19.1. The molecule has 1 aromatic carbocycles. The summed E-state index contributed by atoms with van der Waals surface area (Å²) >= 11 is 0. The number of nitrogens with one attached hydrogen (secondary N) is 1. The summed E-state index contributed by atoms with van der Waals surface area (Å²) in [5, 5.41) is 3.84. The Morgan fingerprint density at radius 2 is 1.70 bits per heavy atom. The molecule has 1 saturated heterocycles. The molecule has 1 aromatic rings. The molecule has 1 aliphatic heterocycles. The lowest BCUT2D eigenvalue weighted by Gasteiger charge is -2.34. The van der Waals surface area contributed by atoms with Crippen molar-refractivity contribution < 1.29 is 4.39 Å². The van der Waals surface area contributed by atoms with Gasteiger partial charge < -0.3 is 5.32 Å². The van der Waals surface area contributed by atoms with Gasteiger partial charge in [-0.2, -0.15) is 0 Å². The molecule has 2 nitrogen and oxygen atoms in total. The number of piperidine rings is 1. The predicted octanol–water partition coefficient (Wildman–Crippen LogP) is 3.32. The van der Waals surface area contributed by atoms with Gasteiger partial charge in [0.1, 0.15) is 5.82 Å². The molecule has 2 aliphatic rings. The molecular formula is C17H25FN2. The lowest BCUT2D eigenvalue weighted by atomic mass is 10.0. The molecule has 2 fully saturated rings. The third-order valence-electron chi connectivity index (χ3n) is 4.65. The molecule has 0 radical (unpaired) electrons. The Hall–Kier alpha value is -0.930. The van der Waals surface area contributed by atoms with Gasteiger partial charge in [-0.3, -0.25) is 4.90 Å². The van der Waals surface area contributed by atoms with Crippen LogP contribution in [0.4, 0.5) is 4.39 Å². The zero-order valence-electron chi connectivity index (χ0n) is 12.2. The van der Waals surface area contributed by atoms with Gasteiger partial charge in [0.15, 0.2) is 0 Å². The molecular weight excluding hydrogens is 251 g/mol. The largest absolute Gasteiger partial charge is 0.310 e. The Morgan fingerprint density at radius 3 is 2.45 bits per heavy atom. The van der Waals surface area contributed by atoms with Crippen LogP contribution in [0.15, 0.2) is 24.3 Å². The number of hydrogen-bond donors (Lipinski definition) is 1. The SMILES string of the molecule is Fc1ccc(CN2CCCC(NC3CCCC3)C2)cc1. The standard InChI is InChI=1S/C17H25FN2/c18-15-9-7-14(8-10-15)12-20-11-3-6-17(13-20)19-16-4-1-2-5-16/h7-10,16-17,19H,1-6,11-13H2. The predicted molar refractivity (Wildman–Crippen MR) is 80.1 cm³/mol. The number of hydrogen-bond acceptors (Lipinski definition) is 2. The fraction of sp³-hybridized carbons (Fsp3) is 0.647. The number of rotatable bonds is 4. The summed E-state index contributed by atoms with van der Waals surface area (Å²) in [5.41, 5.74) is 1.22. The number of halogens is 1. The third-order valence-corrected chi connectivity index (χ3v) is 4.65. The van der Waals surface area contributed by atoms with Crippen molar-refractivity contribution in [2.75, 3.05) is 13.1 Å². The van der Waals surface area contributed by atoms with Crippen molar-refractivity contribution in [2.45, 2.75) is 57.2 Å². The fourth-order valence-corrected chi connectivity index (χ4v) is 3.61. The van der Waals surface area contributed by atoms with Crippen LogP contribution in [-0.4, -0.2) is 30.1 Å². The van der Waals surface area contributed by atoms with Gasteiger partial charge in [-0.15, -0.1) is 0 Å². The second kappa shape index (κ2) is 6.68. The van der Waals surface area contributed by atoms with E-state index in [1.54, 1.807) is 12.1 Å². The van der Waals surface area contributed by atoms with Gasteiger partial charge in [-0.05, 0) is 49.9 Å². The van der Waals surface area contributed by atoms with E-state index in [1.165, 1.54) is 50.6 Å². The van der Waals surface area contributed by atoms with Crippen molar-refractivity contribution in [3.05, 3.63) is 35.6 Å². The van der Waals surface area contributed by atoms with Gasteiger partial charge in [0, 0.05) is 25.2 Å². The van der Waals surface area contributed by atoms with Gasteiger partial charge in [0.05, 0.1) is 0 Å². The van der Waals surface area contributed by atoms with Crippen LogP contribution in [0.25, 0.3) is 0 Å². The molecule has 0 bridgehead atoms. The molecule has 0 aromatic heterocycles. The van der Waals surface area contributed by atoms with E-state index in [-0.39, 0.29) is 5.82 Å². The van der Waals surface area contributed by atoms with Gasteiger partial charge >= 0.3 is 0 Å². The zero-order chi connectivity index (χ0) is 13.8. The summed E-state index contributed by atoms with van der Waals surface area (Å²) in [6, 6.07) is 8.34. The van der Waals surface area contributed by atoms with Crippen LogP contribution in [0, 0.1) is 5.82 Å². The first-order chi connectivity index (χ1) is 9.79. The number of benzene rings is 1. The Labute approximate surface area is 121 Å². The minimum absolute atomic E-state index is 0.145. The first-order valence-electron chi connectivity index (χ1n) is 8.02. The van der Waals surface area contributed by atoms with Crippen molar-refractivity contribution in [1.82, 2.24) is 10.2 Å². The monoisotopic (exact) mass is 276 g/mol. The maximum atomic E-state index is 12.9. The van der Waals surface area contributed by atoms with E-state index < -0.39 is 0 Å². The molecule has 1 heterocycles. The van der Waals surface area contributed by atoms with Crippen LogP contribution in [-0.2, 0) is 6.54 Å². The lowest BCUT2D eigenvalue weighted by molar-refractivity contribution is 0.176. The van der Waals surface area contributed by atoms with Gasteiger partial charge in [0.25, 0.3) is 0 Å². The minimum atomic E-state index is -0.145. The molecule has 110 valence electrons. The molecule has 1 saturated carbocycles. The quantitative estimate of drug-likeness (QED) is 0.907. The maximum absolute atomic E-state index is 12.9. The summed E-state index contributed by atoms with van der Waals surface area (Å²) in [5.74, 6) is -0.145. The van der Waals surface area contributed by atoms with Crippen LogP contribution < -0.4 is 5.32 Å². The van der Waals surface area contributed by atoms with E-state index in [1.807, 2.05) is 12.1 Å². The van der Waals surface area contributed by atoms with Gasteiger partial charge in [-0.1, -0.05) is 25.0 Å². The second-order valence-corrected chi connectivity index (χ2v) is 6.35. The first kappa shape index (κ1) is 14.0. The smallest absolute Gasteiger partial charge is 0.123 e. The number of nitrogens with zero attached hydrogens (tertiary/aromatic N) is 1. The summed E-state index contributed by atoms with van der Waals surface area (Å²) in [6.45, 7) is 3.25. The van der Waals surface area contributed by atoms with Crippen LogP contribution in [0.2, 0.25) is 0 Å². The first-order valence-corrected chi connectivity index (χ1v) is 8.02. The van der Waals surface area contributed by atoms with E-state index in [0.29, 0.717) is 6.04 Å². The molecule has 1 aliphatic carbocycles. The van der Waals surface area contributed by atoms with E-state index in [0.717, 1.165) is 19.1 Å². The average Bonchev–Trinajstić information content (AvgIpc) is 2.95. The van der Waals surface area contributed by atoms with E-state index >= 15 is 0 Å². The summed E-state index contributed by atoms with van der Waals surface area (Å²) in [7, 11) is 0. The second-order valence-electron chi connectivity index (χ2n) is 6.35. The number of likely N-dealkylation sites (tertiary alicyclic amines) is 1. The van der Waals surface area contributed by atoms with E-state index in [9.17, 15) is 4.39 Å². The highest BCUT2D eigenvalue weighted by molar-refractivity contribution is 5.16. The van der Waals surface area contributed by atoms with Gasteiger partial charge in [0.2, 0.25) is 0 Å². The summed E-state index contributed by atoms with van der Waals surface area (Å²) in [6.07, 6.45) is 8.07. The van der Waals surface area contributed by atoms with E-state index in [2.05, 4.69) is 10.2 Å². The maximum Gasteiger partial charge on any atom is 0.123 e. The lowest BCUT2D eigenvalue weighted by Crippen LogP contribution is -2.48. The normalized spacial score (nSPS) is 25.1. The minimum Gasteiger partial charge on any atom is -0.310 e. The Kier molecular flexibility index (Phi) is 4.69. The molecule has 1 atom stereocenters. The Balaban J connectivity index is 1.50.